The number of benzene rings is 1. The molecule has 5 rings (SSSR count). The molecule has 1 aliphatic heterocycles. The number of aryl methyl sites for hydroxylation is 1. The van der Waals surface area contributed by atoms with Crippen LogP contribution in [0.2, 0.25) is 0 Å². The molecule has 0 radical (unpaired) electrons. The second-order valence-electron chi connectivity index (χ2n) is 7.17. The first-order valence-electron chi connectivity index (χ1n) is 9.02. The van der Waals surface area contributed by atoms with Crippen LogP contribution in [0.3, 0.4) is 0 Å². The fourth-order valence-corrected chi connectivity index (χ4v) is 3.78. The van der Waals surface area contributed by atoms with E-state index in [1.165, 1.54) is 0 Å². The average molecular weight is 379 g/mol. The molecular weight excluding hydrogens is 362 g/mol. The van der Waals surface area contributed by atoms with Crippen LogP contribution in [0.25, 0.3) is 11.4 Å². The van der Waals surface area contributed by atoms with Gasteiger partial charge in [-0.2, -0.15) is 20.4 Å². The van der Waals surface area contributed by atoms with Gasteiger partial charge in [0.15, 0.2) is 0 Å². The minimum atomic E-state index is -1.14. The minimum absolute atomic E-state index is 0.0793. The summed E-state index contributed by atoms with van der Waals surface area (Å²) >= 11 is 0. The number of aromatic amines is 1. The van der Waals surface area contributed by atoms with Gasteiger partial charge in [0, 0.05) is 5.56 Å². The van der Waals surface area contributed by atoms with E-state index in [-0.39, 0.29) is 5.92 Å². The number of imide groups is 1. The van der Waals surface area contributed by atoms with Crippen LogP contribution < -0.4 is 10.6 Å². The molecule has 3 heterocycles. The zero-order chi connectivity index (χ0) is 19.3. The number of carbonyl (C=O) groups is 2. The fourth-order valence-electron chi connectivity index (χ4n) is 3.78. The molecule has 2 aromatic heterocycles. The lowest BCUT2D eigenvalue weighted by molar-refractivity contribution is -0.123. The van der Waals surface area contributed by atoms with Crippen LogP contribution in [0.1, 0.15) is 48.5 Å². The molecule has 1 saturated heterocycles. The van der Waals surface area contributed by atoms with Gasteiger partial charge < -0.3 is 9.84 Å². The van der Waals surface area contributed by atoms with Crippen LogP contribution in [0, 0.1) is 0 Å². The summed E-state index contributed by atoms with van der Waals surface area (Å²) in [6, 6.07) is 6.67. The van der Waals surface area contributed by atoms with E-state index < -0.39 is 17.5 Å². The maximum Gasteiger partial charge on any atom is 0.322 e. The molecule has 2 aliphatic rings. The molecule has 3 amide bonds. The molecule has 142 valence electrons. The molecule has 3 aromatic rings. The molecule has 1 fully saturated rings. The zero-order valence-corrected chi connectivity index (χ0v) is 15.0. The van der Waals surface area contributed by atoms with Crippen molar-refractivity contribution in [1.29, 1.82) is 0 Å². The molecular formula is C18H17N7O3. The van der Waals surface area contributed by atoms with Crippen molar-refractivity contribution in [2.75, 3.05) is 0 Å². The highest BCUT2D eigenvalue weighted by Crippen LogP contribution is 2.34. The number of nitrogens with zero attached hydrogens (tertiary/aromatic N) is 4. The Balaban J connectivity index is 1.48. The SMILES string of the molecule is CC1(c2cccc(-c3noc(C4CCCc5n[nH]nc54)n3)c2)NC(=O)NC1=O. The fraction of sp³-hybridized carbons (Fsp3) is 0.333. The number of H-pyrrole nitrogens is 1. The number of rotatable bonds is 3. The predicted molar refractivity (Wildman–Crippen MR) is 94.9 cm³/mol. The van der Waals surface area contributed by atoms with Crippen molar-refractivity contribution in [3.63, 3.8) is 0 Å². The van der Waals surface area contributed by atoms with E-state index in [0.29, 0.717) is 22.8 Å². The first-order valence-corrected chi connectivity index (χ1v) is 9.02. The third-order valence-electron chi connectivity index (χ3n) is 5.37. The van der Waals surface area contributed by atoms with Crippen molar-refractivity contribution in [2.45, 2.75) is 37.6 Å². The summed E-state index contributed by atoms with van der Waals surface area (Å²) in [5, 5.41) is 20.1. The van der Waals surface area contributed by atoms with E-state index >= 15 is 0 Å². The van der Waals surface area contributed by atoms with Crippen LogP contribution >= 0.6 is 0 Å². The lowest BCUT2D eigenvalue weighted by Crippen LogP contribution is -2.40. The zero-order valence-electron chi connectivity index (χ0n) is 15.0. The number of hydrogen-bond donors (Lipinski definition) is 3. The maximum atomic E-state index is 12.2. The predicted octanol–water partition coefficient (Wildman–Crippen LogP) is 1.38. The van der Waals surface area contributed by atoms with E-state index in [0.717, 1.165) is 30.7 Å². The van der Waals surface area contributed by atoms with Crippen molar-refractivity contribution in [3.8, 4) is 11.4 Å². The summed E-state index contributed by atoms with van der Waals surface area (Å²) in [5.41, 5.74) is 1.98. The highest BCUT2D eigenvalue weighted by molar-refractivity contribution is 6.07. The van der Waals surface area contributed by atoms with Gasteiger partial charge in [0.05, 0.1) is 17.3 Å². The highest BCUT2D eigenvalue weighted by Gasteiger charge is 2.43. The van der Waals surface area contributed by atoms with E-state index in [2.05, 4.69) is 36.2 Å². The number of carbonyl (C=O) groups excluding carboxylic acids is 2. The molecule has 10 nitrogen and oxygen atoms in total. The smallest absolute Gasteiger partial charge is 0.322 e. The maximum absolute atomic E-state index is 12.2. The van der Waals surface area contributed by atoms with Crippen LogP contribution in [0.4, 0.5) is 4.79 Å². The molecule has 10 heteroatoms. The molecule has 1 aromatic carbocycles. The summed E-state index contributed by atoms with van der Waals surface area (Å²) in [6.07, 6.45) is 2.73. The van der Waals surface area contributed by atoms with Gasteiger partial charge in [-0.25, -0.2) is 4.79 Å². The molecule has 28 heavy (non-hydrogen) atoms. The number of urea groups is 1. The quantitative estimate of drug-likeness (QED) is 0.584. The second kappa shape index (κ2) is 5.98. The Morgan fingerprint density at radius 1 is 1.25 bits per heavy atom. The summed E-state index contributed by atoms with van der Waals surface area (Å²) < 4.78 is 5.52. The molecule has 0 spiro atoms. The molecule has 2 unspecified atom stereocenters. The Morgan fingerprint density at radius 2 is 2.14 bits per heavy atom. The van der Waals surface area contributed by atoms with Crippen LogP contribution in [-0.2, 0) is 16.8 Å². The molecule has 1 aliphatic carbocycles. The van der Waals surface area contributed by atoms with E-state index in [1.54, 1.807) is 25.1 Å². The van der Waals surface area contributed by atoms with Gasteiger partial charge in [0.1, 0.15) is 5.54 Å². The Kier molecular flexibility index (Phi) is 3.54. The summed E-state index contributed by atoms with van der Waals surface area (Å²) in [7, 11) is 0. The Labute approximate surface area is 159 Å². The van der Waals surface area contributed by atoms with Crippen molar-refractivity contribution >= 4 is 11.9 Å². The first kappa shape index (κ1) is 16.6. The van der Waals surface area contributed by atoms with Gasteiger partial charge in [-0.05, 0) is 37.8 Å². The summed E-state index contributed by atoms with van der Waals surface area (Å²) in [4.78, 5) is 28.3. The lowest BCUT2D eigenvalue weighted by atomic mass is 9.90. The minimum Gasteiger partial charge on any atom is -0.338 e. The molecule has 2 atom stereocenters. The monoisotopic (exact) mass is 379 g/mol. The summed E-state index contributed by atoms with van der Waals surface area (Å²) in [6.45, 7) is 1.65. The second-order valence-corrected chi connectivity index (χ2v) is 7.17. The third kappa shape index (κ3) is 2.48. The Bertz CT molecular complexity index is 1090. The number of hydrogen-bond acceptors (Lipinski definition) is 7. The number of aromatic nitrogens is 5. The van der Waals surface area contributed by atoms with Crippen LogP contribution in [0.5, 0.6) is 0 Å². The van der Waals surface area contributed by atoms with Crippen LogP contribution in [0.15, 0.2) is 28.8 Å². The van der Waals surface area contributed by atoms with E-state index in [4.69, 9.17) is 4.52 Å². The summed E-state index contributed by atoms with van der Waals surface area (Å²) in [5.74, 6) is 0.433. The third-order valence-corrected chi connectivity index (χ3v) is 5.37. The largest absolute Gasteiger partial charge is 0.338 e. The van der Waals surface area contributed by atoms with Crippen molar-refractivity contribution in [3.05, 3.63) is 47.1 Å². The lowest BCUT2D eigenvalue weighted by Gasteiger charge is -2.21. The topological polar surface area (TPSA) is 139 Å². The van der Waals surface area contributed by atoms with E-state index in [9.17, 15) is 9.59 Å². The normalized spacial score (nSPS) is 24.0. The van der Waals surface area contributed by atoms with Crippen molar-refractivity contribution < 1.29 is 14.1 Å². The van der Waals surface area contributed by atoms with E-state index in [1.807, 2.05) is 6.07 Å². The van der Waals surface area contributed by atoms with Crippen molar-refractivity contribution in [2.24, 2.45) is 0 Å². The van der Waals surface area contributed by atoms with Gasteiger partial charge >= 0.3 is 6.03 Å². The van der Waals surface area contributed by atoms with Gasteiger partial charge in [-0.15, -0.1) is 0 Å². The molecule has 3 N–H and O–H groups in total. The average Bonchev–Trinajstić information content (AvgIpc) is 3.41. The highest BCUT2D eigenvalue weighted by atomic mass is 16.5. The standard InChI is InChI=1S/C18H17N7O3/c1-18(16(26)20-17(27)21-18)10-5-2-4-9(8-10)14-19-15(28-24-14)11-6-3-7-12-13(11)23-25-22-12/h2,4-5,8,11H,3,6-7H2,1H3,(H,22,23,25)(H2,20,21,26,27). The number of amides is 3. The van der Waals surface area contributed by atoms with Gasteiger partial charge in [0.25, 0.3) is 5.91 Å². The number of fused-ring (bicyclic) bond motifs is 1. The Morgan fingerprint density at radius 3 is 2.96 bits per heavy atom. The van der Waals surface area contributed by atoms with Crippen LogP contribution in [-0.4, -0.2) is 37.5 Å². The molecule has 0 bridgehead atoms. The van der Waals surface area contributed by atoms with Gasteiger partial charge in [-0.3, -0.25) is 10.1 Å². The Hall–Kier alpha value is -3.56. The van der Waals surface area contributed by atoms with Gasteiger partial charge in [-0.1, -0.05) is 23.4 Å². The first-order chi connectivity index (χ1) is 13.5. The number of nitrogens with one attached hydrogen (secondary N) is 3. The van der Waals surface area contributed by atoms with Gasteiger partial charge in [0.2, 0.25) is 11.7 Å². The molecule has 0 saturated carbocycles. The van der Waals surface area contributed by atoms with Crippen molar-refractivity contribution in [1.82, 2.24) is 36.2 Å².